The number of sulfone groups is 1. The SMILES string of the molecule is CCS(=O)(=O)c1c(NCC(C)C)sc(C#N)c1N. The number of nitrogens with zero attached hydrogens (tertiary/aromatic N) is 1. The van der Waals surface area contributed by atoms with Gasteiger partial charge in [0.15, 0.2) is 9.84 Å². The molecule has 0 aliphatic heterocycles. The molecule has 5 nitrogen and oxygen atoms in total. The normalized spacial score (nSPS) is 11.5. The largest absolute Gasteiger partial charge is 0.396 e. The topological polar surface area (TPSA) is 96.0 Å². The maximum absolute atomic E-state index is 12.0. The Hall–Kier alpha value is -1.26. The van der Waals surface area contributed by atoms with E-state index in [2.05, 4.69) is 5.32 Å². The van der Waals surface area contributed by atoms with Gasteiger partial charge in [-0.1, -0.05) is 20.8 Å². The summed E-state index contributed by atoms with van der Waals surface area (Å²) in [4.78, 5) is 0.320. The fourth-order valence-electron chi connectivity index (χ4n) is 1.38. The second-order valence-electron chi connectivity index (χ2n) is 4.29. The first-order valence-electron chi connectivity index (χ1n) is 5.62. The standard InChI is InChI=1S/C11H17N3O2S2/c1-4-18(15,16)10-9(13)8(5-12)17-11(10)14-6-7(2)3/h7,14H,4,6,13H2,1-3H3. The van der Waals surface area contributed by atoms with Crippen LogP contribution < -0.4 is 11.1 Å². The minimum Gasteiger partial charge on any atom is -0.396 e. The van der Waals surface area contributed by atoms with E-state index in [4.69, 9.17) is 11.0 Å². The molecule has 1 rings (SSSR count). The Morgan fingerprint density at radius 1 is 1.50 bits per heavy atom. The van der Waals surface area contributed by atoms with Crippen molar-refractivity contribution in [2.45, 2.75) is 25.7 Å². The molecule has 0 saturated heterocycles. The molecule has 0 unspecified atom stereocenters. The molecule has 0 saturated carbocycles. The van der Waals surface area contributed by atoms with Gasteiger partial charge in [0.25, 0.3) is 0 Å². The molecule has 0 spiro atoms. The van der Waals surface area contributed by atoms with Crippen molar-refractivity contribution < 1.29 is 8.42 Å². The van der Waals surface area contributed by atoms with Crippen molar-refractivity contribution in [3.05, 3.63) is 4.88 Å². The molecule has 3 N–H and O–H groups in total. The van der Waals surface area contributed by atoms with Crippen molar-refractivity contribution in [3.63, 3.8) is 0 Å². The molecule has 18 heavy (non-hydrogen) atoms. The molecule has 7 heteroatoms. The summed E-state index contributed by atoms with van der Waals surface area (Å²) < 4.78 is 24.0. The zero-order valence-corrected chi connectivity index (χ0v) is 12.3. The molecule has 0 aliphatic carbocycles. The molecule has 0 radical (unpaired) electrons. The number of anilines is 2. The van der Waals surface area contributed by atoms with Gasteiger partial charge in [0.2, 0.25) is 0 Å². The van der Waals surface area contributed by atoms with Crippen LogP contribution in [0.5, 0.6) is 0 Å². The van der Waals surface area contributed by atoms with E-state index in [1.54, 1.807) is 6.92 Å². The Bertz CT molecular complexity index is 568. The monoisotopic (exact) mass is 287 g/mol. The van der Waals surface area contributed by atoms with Gasteiger partial charge in [0, 0.05) is 6.54 Å². The van der Waals surface area contributed by atoms with Crippen LogP contribution in [0.1, 0.15) is 25.6 Å². The number of thiophene rings is 1. The van der Waals surface area contributed by atoms with E-state index in [0.29, 0.717) is 17.5 Å². The van der Waals surface area contributed by atoms with Crippen molar-refractivity contribution >= 4 is 31.9 Å². The van der Waals surface area contributed by atoms with Gasteiger partial charge >= 0.3 is 0 Å². The van der Waals surface area contributed by atoms with E-state index >= 15 is 0 Å². The van der Waals surface area contributed by atoms with Gasteiger partial charge in [-0.15, -0.1) is 11.3 Å². The highest BCUT2D eigenvalue weighted by molar-refractivity contribution is 7.91. The molecule has 1 aromatic heterocycles. The fraction of sp³-hybridized carbons (Fsp3) is 0.545. The minimum absolute atomic E-state index is 0.0326. The Balaban J connectivity index is 3.30. The number of nitriles is 1. The molecule has 0 amide bonds. The summed E-state index contributed by atoms with van der Waals surface area (Å²) in [5, 5.41) is 12.5. The van der Waals surface area contributed by atoms with E-state index in [9.17, 15) is 8.42 Å². The van der Waals surface area contributed by atoms with Crippen molar-refractivity contribution in [1.29, 1.82) is 5.26 Å². The van der Waals surface area contributed by atoms with E-state index in [1.165, 1.54) is 0 Å². The highest BCUT2D eigenvalue weighted by Gasteiger charge is 2.25. The Labute approximate surface area is 112 Å². The quantitative estimate of drug-likeness (QED) is 0.864. The van der Waals surface area contributed by atoms with Gasteiger partial charge in [-0.05, 0) is 5.92 Å². The molecule has 1 aromatic rings. The van der Waals surface area contributed by atoms with Crippen molar-refractivity contribution in [1.82, 2.24) is 0 Å². The van der Waals surface area contributed by atoms with Crippen LogP contribution in [0.4, 0.5) is 10.7 Å². The smallest absolute Gasteiger partial charge is 0.183 e. The third-order valence-electron chi connectivity index (χ3n) is 2.36. The van der Waals surface area contributed by atoms with Gasteiger partial charge in [0.1, 0.15) is 20.8 Å². The molecular formula is C11H17N3O2S2. The van der Waals surface area contributed by atoms with Crippen LogP contribution >= 0.6 is 11.3 Å². The Morgan fingerprint density at radius 3 is 2.56 bits per heavy atom. The van der Waals surface area contributed by atoms with Crippen LogP contribution in [0.3, 0.4) is 0 Å². The summed E-state index contributed by atoms with van der Waals surface area (Å²) in [5.41, 5.74) is 5.82. The maximum atomic E-state index is 12.0. The van der Waals surface area contributed by atoms with E-state index in [1.807, 2.05) is 19.9 Å². The lowest BCUT2D eigenvalue weighted by molar-refractivity contribution is 0.598. The first-order chi connectivity index (χ1) is 8.33. The van der Waals surface area contributed by atoms with Crippen LogP contribution in [0.25, 0.3) is 0 Å². The van der Waals surface area contributed by atoms with Crippen LogP contribution in [0, 0.1) is 17.2 Å². The van der Waals surface area contributed by atoms with Gasteiger partial charge < -0.3 is 11.1 Å². The van der Waals surface area contributed by atoms with Gasteiger partial charge in [-0.3, -0.25) is 0 Å². The van der Waals surface area contributed by atoms with Gasteiger partial charge in [-0.2, -0.15) is 5.26 Å². The Kier molecular flexibility index (Phi) is 4.59. The summed E-state index contributed by atoms with van der Waals surface area (Å²) in [7, 11) is -3.42. The van der Waals surface area contributed by atoms with E-state index in [-0.39, 0.29) is 21.2 Å². The highest BCUT2D eigenvalue weighted by Crippen LogP contribution is 2.39. The molecule has 0 aromatic carbocycles. The summed E-state index contributed by atoms with van der Waals surface area (Å²) >= 11 is 1.09. The fourth-order valence-corrected chi connectivity index (χ4v) is 3.85. The maximum Gasteiger partial charge on any atom is 0.183 e. The number of nitrogen functional groups attached to an aromatic ring is 1. The van der Waals surface area contributed by atoms with Crippen molar-refractivity contribution in [2.75, 3.05) is 23.3 Å². The van der Waals surface area contributed by atoms with Crippen molar-refractivity contribution in [2.24, 2.45) is 5.92 Å². The van der Waals surface area contributed by atoms with E-state index < -0.39 is 9.84 Å². The van der Waals surface area contributed by atoms with Gasteiger partial charge in [0.05, 0.1) is 11.4 Å². The van der Waals surface area contributed by atoms with E-state index in [0.717, 1.165) is 11.3 Å². The van der Waals surface area contributed by atoms with Crippen LogP contribution in [0.15, 0.2) is 4.90 Å². The first-order valence-corrected chi connectivity index (χ1v) is 8.09. The summed E-state index contributed by atoms with van der Waals surface area (Å²) in [5.74, 6) is 0.339. The molecule has 0 aliphatic rings. The zero-order valence-electron chi connectivity index (χ0n) is 10.6. The third kappa shape index (κ3) is 2.94. The number of nitrogens with two attached hydrogens (primary N) is 1. The minimum atomic E-state index is -3.42. The van der Waals surface area contributed by atoms with Crippen LogP contribution in [0.2, 0.25) is 0 Å². The first kappa shape index (κ1) is 14.8. The lowest BCUT2D eigenvalue weighted by atomic mass is 10.2. The molecule has 0 atom stereocenters. The second-order valence-corrected chi connectivity index (χ2v) is 7.53. The second kappa shape index (κ2) is 5.59. The molecule has 0 bridgehead atoms. The molecule has 1 heterocycles. The lowest BCUT2D eigenvalue weighted by Gasteiger charge is -2.09. The lowest BCUT2D eigenvalue weighted by Crippen LogP contribution is -2.12. The average Bonchev–Trinajstić information content (AvgIpc) is 2.63. The van der Waals surface area contributed by atoms with Crippen LogP contribution in [-0.4, -0.2) is 20.7 Å². The van der Waals surface area contributed by atoms with Gasteiger partial charge in [-0.25, -0.2) is 8.42 Å². The number of nitrogens with one attached hydrogen (secondary N) is 1. The highest BCUT2D eigenvalue weighted by atomic mass is 32.2. The molecule has 100 valence electrons. The molecule has 0 fully saturated rings. The zero-order chi connectivity index (χ0) is 13.9. The number of hydrogen-bond acceptors (Lipinski definition) is 6. The van der Waals surface area contributed by atoms with Crippen molar-refractivity contribution in [3.8, 4) is 6.07 Å². The summed E-state index contributed by atoms with van der Waals surface area (Å²) in [6.45, 7) is 6.23. The number of rotatable bonds is 5. The average molecular weight is 287 g/mol. The Morgan fingerprint density at radius 2 is 2.11 bits per heavy atom. The third-order valence-corrected chi connectivity index (χ3v) is 5.37. The predicted molar refractivity (Wildman–Crippen MR) is 74.5 cm³/mol. The predicted octanol–water partition coefficient (Wildman–Crippen LogP) is 2.06. The summed E-state index contributed by atoms with van der Waals surface area (Å²) in [6, 6.07) is 1.93. The molecular weight excluding hydrogens is 270 g/mol. The number of hydrogen-bond donors (Lipinski definition) is 2. The summed E-state index contributed by atoms with van der Waals surface area (Å²) in [6.07, 6.45) is 0. The van der Waals surface area contributed by atoms with Crippen LogP contribution in [-0.2, 0) is 9.84 Å².